The molecule has 11 heteroatoms. The van der Waals surface area contributed by atoms with Gasteiger partial charge in [-0.1, -0.05) is 11.6 Å². The largest absolute Gasteiger partial charge is 0.507 e. The molecule has 35 heavy (non-hydrogen) atoms. The third-order valence-corrected chi connectivity index (χ3v) is 5.82. The fraction of sp³-hybridized carbons (Fsp3) is 0.458. The quantitative estimate of drug-likeness (QED) is 0.230. The standard InChI is InChI=1S/C24H29NO10/c1-10(2)4-7-16(12-8-15(30)18-13(28)5-6-14(29)19(18)21(12)31)34-24-20(25-11(3)27)23(33)22(32)17(9-26)35-24/h4-6,8,16-17,20,22-24,26,30-33H,7,9H2,1-3H3,(H,25,27)/t16-,17+,20+,22+,23+,24+/m0/s1. The molecule has 1 aromatic carbocycles. The number of benzene rings is 1. The van der Waals surface area contributed by atoms with Crippen LogP contribution in [0.4, 0.5) is 0 Å². The Labute approximate surface area is 201 Å². The highest BCUT2D eigenvalue weighted by atomic mass is 16.7. The Morgan fingerprint density at radius 3 is 2.31 bits per heavy atom. The van der Waals surface area contributed by atoms with E-state index in [4.69, 9.17) is 9.47 Å². The molecule has 1 amide bonds. The summed E-state index contributed by atoms with van der Waals surface area (Å²) < 4.78 is 11.6. The molecule has 1 saturated heterocycles. The molecule has 6 atom stereocenters. The number of rotatable bonds is 7. The SMILES string of the molecule is CC(=O)N[C@H]1[C@H](O[C@@H](CC=C(C)C)c2cc(O)c3c(c2O)C(=O)C=CC3=O)O[C@H](CO)[C@@H](O)[C@@H]1O. The fourth-order valence-corrected chi connectivity index (χ4v) is 4.08. The minimum Gasteiger partial charge on any atom is -0.507 e. The summed E-state index contributed by atoms with van der Waals surface area (Å²) in [6.07, 6.45) is -2.99. The molecule has 1 heterocycles. The van der Waals surface area contributed by atoms with E-state index in [1.165, 1.54) is 6.92 Å². The normalized spacial score (nSPS) is 26.7. The zero-order chi connectivity index (χ0) is 26.0. The van der Waals surface area contributed by atoms with E-state index < -0.39 is 72.3 Å². The van der Waals surface area contributed by atoms with Crippen LogP contribution in [0.1, 0.15) is 59.6 Å². The lowest BCUT2D eigenvalue weighted by atomic mass is 9.88. The maximum absolute atomic E-state index is 12.4. The summed E-state index contributed by atoms with van der Waals surface area (Å²) in [6, 6.07) is -0.147. The molecule has 0 saturated carbocycles. The van der Waals surface area contributed by atoms with Crippen LogP contribution in [0.25, 0.3) is 0 Å². The first-order valence-corrected chi connectivity index (χ1v) is 11.0. The van der Waals surface area contributed by atoms with Crippen molar-refractivity contribution < 1.29 is 49.4 Å². The van der Waals surface area contributed by atoms with Gasteiger partial charge in [0.05, 0.1) is 23.8 Å². The van der Waals surface area contributed by atoms with Crippen LogP contribution in [0.15, 0.2) is 29.9 Å². The van der Waals surface area contributed by atoms with E-state index in [-0.39, 0.29) is 23.1 Å². The van der Waals surface area contributed by atoms with Crippen LogP contribution < -0.4 is 5.32 Å². The summed E-state index contributed by atoms with van der Waals surface area (Å²) in [5.74, 6) is -2.98. The summed E-state index contributed by atoms with van der Waals surface area (Å²) in [5, 5.41) is 54.3. The van der Waals surface area contributed by atoms with Gasteiger partial charge in [-0.15, -0.1) is 0 Å². The second-order valence-corrected chi connectivity index (χ2v) is 8.72. The summed E-state index contributed by atoms with van der Waals surface area (Å²) >= 11 is 0. The predicted molar refractivity (Wildman–Crippen MR) is 121 cm³/mol. The number of ether oxygens (including phenoxy) is 2. The number of carbonyl (C=O) groups is 3. The molecule has 1 aliphatic carbocycles. The van der Waals surface area contributed by atoms with E-state index in [0.717, 1.165) is 23.8 Å². The van der Waals surface area contributed by atoms with Gasteiger partial charge >= 0.3 is 0 Å². The molecule has 3 rings (SSSR count). The number of aromatic hydroxyl groups is 2. The number of nitrogens with one attached hydrogen (secondary N) is 1. The molecule has 0 spiro atoms. The van der Waals surface area contributed by atoms with Crippen LogP contribution in [0.5, 0.6) is 11.5 Å². The van der Waals surface area contributed by atoms with Crippen molar-refractivity contribution in [2.45, 2.75) is 63.9 Å². The minimum atomic E-state index is -1.56. The number of aliphatic hydroxyl groups excluding tert-OH is 3. The van der Waals surface area contributed by atoms with E-state index in [2.05, 4.69) is 5.32 Å². The van der Waals surface area contributed by atoms with Crippen molar-refractivity contribution in [1.29, 1.82) is 0 Å². The molecule has 190 valence electrons. The smallest absolute Gasteiger partial charge is 0.217 e. The molecule has 0 unspecified atom stereocenters. The molecule has 1 aliphatic heterocycles. The van der Waals surface area contributed by atoms with Crippen molar-refractivity contribution in [1.82, 2.24) is 5.32 Å². The van der Waals surface area contributed by atoms with E-state index in [1.807, 2.05) is 13.8 Å². The monoisotopic (exact) mass is 491 g/mol. The van der Waals surface area contributed by atoms with Crippen LogP contribution in [-0.2, 0) is 14.3 Å². The number of hydrogen-bond acceptors (Lipinski definition) is 10. The van der Waals surface area contributed by atoms with Gasteiger partial charge in [-0.25, -0.2) is 0 Å². The third-order valence-electron chi connectivity index (χ3n) is 5.82. The molecule has 6 N–H and O–H groups in total. The summed E-state index contributed by atoms with van der Waals surface area (Å²) in [4.78, 5) is 36.4. The van der Waals surface area contributed by atoms with E-state index >= 15 is 0 Å². The summed E-state index contributed by atoms with van der Waals surface area (Å²) in [5.41, 5.74) is 0.135. The number of aliphatic hydroxyl groups is 3. The Balaban J connectivity index is 2.07. The van der Waals surface area contributed by atoms with Gasteiger partial charge in [0.2, 0.25) is 5.91 Å². The first-order chi connectivity index (χ1) is 16.5. The molecular formula is C24H29NO10. The third kappa shape index (κ3) is 5.44. The zero-order valence-corrected chi connectivity index (χ0v) is 19.5. The van der Waals surface area contributed by atoms with Gasteiger partial charge in [-0.05, 0) is 38.5 Å². The van der Waals surface area contributed by atoms with Crippen molar-refractivity contribution >= 4 is 17.5 Å². The maximum Gasteiger partial charge on any atom is 0.217 e. The number of fused-ring (bicyclic) bond motifs is 1. The Morgan fingerprint density at radius 2 is 1.74 bits per heavy atom. The predicted octanol–water partition coefficient (Wildman–Crippen LogP) is 0.391. The highest BCUT2D eigenvalue weighted by Crippen LogP contribution is 2.42. The molecule has 11 nitrogen and oxygen atoms in total. The molecule has 0 aromatic heterocycles. The Kier molecular flexibility index (Phi) is 8.08. The molecule has 1 aromatic rings. The summed E-state index contributed by atoms with van der Waals surface area (Å²) in [6.45, 7) is 4.16. The average molecular weight is 491 g/mol. The Morgan fingerprint density at radius 1 is 1.11 bits per heavy atom. The first kappa shape index (κ1) is 26.5. The number of hydrogen-bond donors (Lipinski definition) is 6. The van der Waals surface area contributed by atoms with Gasteiger partial charge in [0.25, 0.3) is 0 Å². The highest BCUT2D eigenvalue weighted by Gasteiger charge is 2.46. The van der Waals surface area contributed by atoms with Crippen LogP contribution >= 0.6 is 0 Å². The number of phenols is 2. The first-order valence-electron chi connectivity index (χ1n) is 11.0. The number of ketones is 2. The zero-order valence-electron chi connectivity index (χ0n) is 19.5. The maximum atomic E-state index is 12.4. The van der Waals surface area contributed by atoms with E-state index in [0.29, 0.717) is 0 Å². The lowest BCUT2D eigenvalue weighted by Gasteiger charge is -2.43. The second-order valence-electron chi connectivity index (χ2n) is 8.72. The van der Waals surface area contributed by atoms with Gasteiger partial charge in [0.1, 0.15) is 35.9 Å². The number of amides is 1. The van der Waals surface area contributed by atoms with Crippen molar-refractivity contribution in [3.8, 4) is 11.5 Å². The summed E-state index contributed by atoms with van der Waals surface area (Å²) in [7, 11) is 0. The molecule has 1 fully saturated rings. The van der Waals surface area contributed by atoms with Gasteiger partial charge < -0.3 is 40.3 Å². The van der Waals surface area contributed by atoms with E-state index in [9.17, 15) is 39.9 Å². The number of phenolic OH excluding ortho intramolecular Hbond substituents is 2. The van der Waals surface area contributed by atoms with Crippen LogP contribution in [0, 0.1) is 0 Å². The van der Waals surface area contributed by atoms with Gasteiger partial charge in [-0.3, -0.25) is 14.4 Å². The Bertz CT molecular complexity index is 1070. The number of carbonyl (C=O) groups excluding carboxylic acids is 3. The van der Waals surface area contributed by atoms with Gasteiger partial charge in [0.15, 0.2) is 17.9 Å². The van der Waals surface area contributed by atoms with Crippen molar-refractivity contribution in [2.75, 3.05) is 6.61 Å². The van der Waals surface area contributed by atoms with Crippen LogP contribution in [-0.4, -0.2) is 80.3 Å². The highest BCUT2D eigenvalue weighted by molar-refractivity contribution is 6.24. The second kappa shape index (κ2) is 10.7. The van der Waals surface area contributed by atoms with Gasteiger partial charge in [-0.2, -0.15) is 0 Å². The lowest BCUT2D eigenvalue weighted by molar-refractivity contribution is -0.282. The topological polar surface area (TPSA) is 183 Å². The number of allylic oxidation sites excluding steroid dienone is 3. The van der Waals surface area contributed by atoms with E-state index in [1.54, 1.807) is 6.08 Å². The molecule has 0 bridgehead atoms. The molecule has 2 aliphatic rings. The minimum absolute atomic E-state index is 0.0402. The van der Waals surface area contributed by atoms with Crippen molar-refractivity contribution in [3.05, 3.63) is 46.6 Å². The van der Waals surface area contributed by atoms with Crippen LogP contribution in [0.3, 0.4) is 0 Å². The van der Waals surface area contributed by atoms with Crippen molar-refractivity contribution in [3.63, 3.8) is 0 Å². The fourth-order valence-electron chi connectivity index (χ4n) is 4.08. The van der Waals surface area contributed by atoms with Crippen molar-refractivity contribution in [2.24, 2.45) is 0 Å². The van der Waals surface area contributed by atoms with Gasteiger partial charge in [0, 0.05) is 12.5 Å². The molecule has 0 radical (unpaired) electrons. The molecular weight excluding hydrogens is 462 g/mol. The Hall–Kier alpha value is -3.09. The average Bonchev–Trinajstić information content (AvgIpc) is 2.79. The lowest BCUT2D eigenvalue weighted by Crippen LogP contribution is -2.64. The van der Waals surface area contributed by atoms with Crippen LogP contribution in [0.2, 0.25) is 0 Å².